The summed E-state index contributed by atoms with van der Waals surface area (Å²) < 4.78 is 6.46. The molecule has 0 bridgehead atoms. The van der Waals surface area contributed by atoms with Crippen LogP contribution in [0.15, 0.2) is 48.6 Å². The fourth-order valence-corrected chi connectivity index (χ4v) is 2.79. The highest BCUT2D eigenvalue weighted by Crippen LogP contribution is 2.17. The molecule has 0 aliphatic heterocycles. The summed E-state index contributed by atoms with van der Waals surface area (Å²) in [5.41, 5.74) is 0. The molecule has 0 saturated carbocycles. The molecular weight excluding hydrogens is 304 g/mol. The molecule has 0 spiro atoms. The monoisotopic (exact) mass is 346 g/mol. The lowest BCUT2D eigenvalue weighted by Crippen LogP contribution is -2.19. The topological polar surface area (TPSA) is 9.23 Å². The van der Waals surface area contributed by atoms with Crippen LogP contribution in [-0.2, 0) is 4.74 Å². The van der Waals surface area contributed by atoms with Crippen molar-refractivity contribution in [1.29, 1.82) is 0 Å². The second-order valence-corrected chi connectivity index (χ2v) is 6.73. The molecule has 0 aromatic rings. The lowest BCUT2D eigenvalue weighted by atomic mass is 10.1. The van der Waals surface area contributed by atoms with Gasteiger partial charge in [0, 0.05) is 0 Å². The SMILES string of the molecule is C/C=C/C=C/C(CCCCCC)OC(/C=C/C=C/C)CCCCCC. The van der Waals surface area contributed by atoms with Crippen LogP contribution in [0.3, 0.4) is 0 Å². The van der Waals surface area contributed by atoms with Gasteiger partial charge in [-0.1, -0.05) is 114 Å². The first-order valence-electron chi connectivity index (χ1n) is 10.5. The van der Waals surface area contributed by atoms with Gasteiger partial charge in [0.1, 0.15) is 0 Å². The molecule has 0 N–H and O–H groups in total. The molecule has 1 heteroatoms. The maximum absolute atomic E-state index is 6.46. The van der Waals surface area contributed by atoms with E-state index in [0.29, 0.717) is 0 Å². The van der Waals surface area contributed by atoms with E-state index in [4.69, 9.17) is 4.74 Å². The smallest absolute Gasteiger partial charge is 0.0766 e. The fraction of sp³-hybridized carbons (Fsp3) is 0.667. The van der Waals surface area contributed by atoms with Gasteiger partial charge in [0.15, 0.2) is 0 Å². The third-order valence-electron chi connectivity index (χ3n) is 4.29. The predicted molar refractivity (Wildman–Crippen MR) is 114 cm³/mol. The molecule has 1 nitrogen and oxygen atoms in total. The van der Waals surface area contributed by atoms with Gasteiger partial charge in [-0.3, -0.25) is 0 Å². The maximum Gasteiger partial charge on any atom is 0.0766 e. The van der Waals surface area contributed by atoms with Crippen molar-refractivity contribution in [2.45, 2.75) is 104 Å². The van der Waals surface area contributed by atoms with Crippen LogP contribution in [0.2, 0.25) is 0 Å². The molecule has 0 aromatic heterocycles. The Kier molecular flexibility index (Phi) is 18.4. The normalized spacial score (nSPS) is 15.2. The summed E-state index contributed by atoms with van der Waals surface area (Å²) in [4.78, 5) is 0. The summed E-state index contributed by atoms with van der Waals surface area (Å²) in [5.74, 6) is 0. The first-order chi connectivity index (χ1) is 12.3. The van der Waals surface area contributed by atoms with Crippen LogP contribution in [0.1, 0.15) is 91.9 Å². The zero-order valence-corrected chi connectivity index (χ0v) is 17.3. The number of rotatable bonds is 16. The zero-order valence-electron chi connectivity index (χ0n) is 17.3. The number of ether oxygens (including phenoxy) is 1. The highest BCUT2D eigenvalue weighted by molar-refractivity contribution is 5.06. The van der Waals surface area contributed by atoms with Crippen molar-refractivity contribution < 1.29 is 4.74 Å². The summed E-state index contributed by atoms with van der Waals surface area (Å²) in [6.45, 7) is 8.63. The van der Waals surface area contributed by atoms with Gasteiger partial charge in [-0.2, -0.15) is 0 Å². The number of hydrogen-bond donors (Lipinski definition) is 0. The second kappa shape index (κ2) is 19.2. The Morgan fingerprint density at radius 3 is 1.40 bits per heavy atom. The van der Waals surface area contributed by atoms with E-state index in [9.17, 15) is 0 Å². The minimum Gasteiger partial charge on any atom is -0.367 e. The molecule has 25 heavy (non-hydrogen) atoms. The third-order valence-corrected chi connectivity index (χ3v) is 4.29. The van der Waals surface area contributed by atoms with Gasteiger partial charge < -0.3 is 4.74 Å². The van der Waals surface area contributed by atoms with Crippen molar-refractivity contribution in [2.24, 2.45) is 0 Å². The Morgan fingerprint density at radius 2 is 1.04 bits per heavy atom. The summed E-state index contributed by atoms with van der Waals surface area (Å²) in [7, 11) is 0. The molecule has 0 aromatic carbocycles. The number of unbranched alkanes of at least 4 members (excludes halogenated alkanes) is 6. The van der Waals surface area contributed by atoms with Crippen molar-refractivity contribution in [3.63, 3.8) is 0 Å². The van der Waals surface area contributed by atoms with Crippen LogP contribution in [0.5, 0.6) is 0 Å². The van der Waals surface area contributed by atoms with Crippen LogP contribution in [0.4, 0.5) is 0 Å². The average molecular weight is 347 g/mol. The zero-order chi connectivity index (χ0) is 18.6. The number of allylic oxidation sites excluding steroid dienone is 6. The molecular formula is C24H42O. The van der Waals surface area contributed by atoms with Crippen LogP contribution >= 0.6 is 0 Å². The predicted octanol–water partition coefficient (Wildman–Crippen LogP) is 7.95. The van der Waals surface area contributed by atoms with Gasteiger partial charge in [0.2, 0.25) is 0 Å². The van der Waals surface area contributed by atoms with Crippen LogP contribution in [-0.4, -0.2) is 12.2 Å². The van der Waals surface area contributed by atoms with Crippen LogP contribution in [0.25, 0.3) is 0 Å². The minimum atomic E-state index is 0.222. The Balaban J connectivity index is 4.68. The van der Waals surface area contributed by atoms with Gasteiger partial charge in [-0.05, 0) is 26.7 Å². The maximum atomic E-state index is 6.46. The first kappa shape index (κ1) is 23.9. The largest absolute Gasteiger partial charge is 0.367 e. The Morgan fingerprint density at radius 1 is 0.600 bits per heavy atom. The van der Waals surface area contributed by atoms with Crippen LogP contribution < -0.4 is 0 Å². The minimum absolute atomic E-state index is 0.222. The molecule has 144 valence electrons. The van der Waals surface area contributed by atoms with E-state index in [0.717, 1.165) is 12.8 Å². The van der Waals surface area contributed by atoms with Gasteiger partial charge in [0.25, 0.3) is 0 Å². The first-order valence-corrected chi connectivity index (χ1v) is 10.5. The van der Waals surface area contributed by atoms with E-state index >= 15 is 0 Å². The fourth-order valence-electron chi connectivity index (χ4n) is 2.79. The molecule has 0 aliphatic rings. The Labute approximate surface area is 157 Å². The molecule has 2 unspecified atom stereocenters. The van der Waals surface area contributed by atoms with Gasteiger partial charge in [0.05, 0.1) is 12.2 Å². The molecule has 0 aliphatic carbocycles. The molecule has 0 amide bonds. The van der Waals surface area contributed by atoms with E-state index in [1.54, 1.807) is 0 Å². The highest BCUT2D eigenvalue weighted by Gasteiger charge is 2.12. The Hall–Kier alpha value is -1.08. The highest BCUT2D eigenvalue weighted by atomic mass is 16.5. The average Bonchev–Trinajstić information content (AvgIpc) is 2.62. The number of hydrogen-bond acceptors (Lipinski definition) is 1. The van der Waals surface area contributed by atoms with Gasteiger partial charge >= 0.3 is 0 Å². The van der Waals surface area contributed by atoms with Crippen molar-refractivity contribution >= 4 is 0 Å². The lowest BCUT2D eigenvalue weighted by Gasteiger charge is -2.21. The summed E-state index contributed by atoms with van der Waals surface area (Å²) in [5, 5.41) is 0. The Bertz CT molecular complexity index is 340. The van der Waals surface area contributed by atoms with E-state index in [-0.39, 0.29) is 12.2 Å². The van der Waals surface area contributed by atoms with Gasteiger partial charge in [-0.15, -0.1) is 0 Å². The van der Waals surface area contributed by atoms with Crippen molar-refractivity contribution in [3.05, 3.63) is 48.6 Å². The van der Waals surface area contributed by atoms with Crippen molar-refractivity contribution in [2.75, 3.05) is 0 Å². The summed E-state index contributed by atoms with van der Waals surface area (Å²) >= 11 is 0. The van der Waals surface area contributed by atoms with E-state index in [2.05, 4.69) is 76.3 Å². The molecule has 0 heterocycles. The molecule has 0 saturated heterocycles. The molecule has 2 atom stereocenters. The second-order valence-electron chi connectivity index (χ2n) is 6.73. The molecule has 0 rings (SSSR count). The summed E-state index contributed by atoms with van der Waals surface area (Å²) in [6.07, 6.45) is 30.1. The standard InChI is InChI=1S/C24H42O/c1-5-9-13-17-21-23(19-15-11-7-3)25-24(20-16-12-8-4)22-18-14-10-6-2/h7-8,11-12,15-16,19-20,23-24H,5-6,9-10,13-14,17-18,21-22H2,1-4H3/b11-7+,12-8+,19-15+,20-16+. The van der Waals surface area contributed by atoms with Crippen LogP contribution in [0, 0.1) is 0 Å². The lowest BCUT2D eigenvalue weighted by molar-refractivity contribution is 0.0296. The quantitative estimate of drug-likeness (QED) is 0.203. The molecule has 0 fully saturated rings. The van der Waals surface area contributed by atoms with Gasteiger partial charge in [-0.25, -0.2) is 0 Å². The third kappa shape index (κ3) is 16.2. The van der Waals surface area contributed by atoms with Crippen molar-refractivity contribution in [3.8, 4) is 0 Å². The van der Waals surface area contributed by atoms with E-state index < -0.39 is 0 Å². The van der Waals surface area contributed by atoms with E-state index in [1.807, 2.05) is 0 Å². The van der Waals surface area contributed by atoms with Crippen molar-refractivity contribution in [1.82, 2.24) is 0 Å². The summed E-state index contributed by atoms with van der Waals surface area (Å²) in [6, 6.07) is 0. The van der Waals surface area contributed by atoms with E-state index in [1.165, 1.54) is 51.4 Å². The molecule has 0 radical (unpaired) electrons.